The van der Waals surface area contributed by atoms with Gasteiger partial charge < -0.3 is 4.57 Å². The van der Waals surface area contributed by atoms with Crippen LogP contribution in [0.5, 0.6) is 0 Å². The molecule has 3 aromatic rings. The molecular weight excluding hydrogens is 284 g/mol. The Labute approximate surface area is 125 Å². The van der Waals surface area contributed by atoms with E-state index in [1.807, 2.05) is 43.1 Å². The highest BCUT2D eigenvalue weighted by molar-refractivity contribution is 7.07. The molecular formula is C15H14N4OS. The Balaban J connectivity index is 2.07. The van der Waals surface area contributed by atoms with Gasteiger partial charge in [-0.25, -0.2) is 9.97 Å². The van der Waals surface area contributed by atoms with Crippen LogP contribution in [0.25, 0.3) is 11.0 Å². The van der Waals surface area contributed by atoms with Gasteiger partial charge in [0.25, 0.3) is 5.91 Å². The molecule has 3 rings (SSSR count). The van der Waals surface area contributed by atoms with Crippen LogP contribution in [0.1, 0.15) is 21.7 Å². The van der Waals surface area contributed by atoms with Gasteiger partial charge in [0.2, 0.25) is 0 Å². The van der Waals surface area contributed by atoms with Crippen molar-refractivity contribution in [2.45, 2.75) is 13.8 Å². The first-order valence-electron chi connectivity index (χ1n) is 6.49. The summed E-state index contributed by atoms with van der Waals surface area (Å²) in [4.78, 5) is 26.0. The van der Waals surface area contributed by atoms with E-state index in [2.05, 4.69) is 15.0 Å². The molecule has 2 aromatic heterocycles. The fourth-order valence-corrected chi connectivity index (χ4v) is 2.68. The lowest BCUT2D eigenvalue weighted by Crippen LogP contribution is -2.12. The van der Waals surface area contributed by atoms with Gasteiger partial charge in [0, 0.05) is 24.2 Å². The molecule has 0 aliphatic rings. The van der Waals surface area contributed by atoms with Gasteiger partial charge in [0.1, 0.15) is 0 Å². The standard InChI is InChI=1S/C15H14N4OS/c1-9-10(2)17-13-8-11(4-5-12(13)16-9)14(20)18-15-19(3)6-7-21-15/h4-8H,1-3H3. The molecule has 1 amide bonds. The molecule has 0 aliphatic heterocycles. The fraction of sp³-hybridized carbons (Fsp3) is 0.200. The zero-order valence-corrected chi connectivity index (χ0v) is 12.8. The normalized spacial score (nSPS) is 12.0. The minimum atomic E-state index is -0.269. The predicted octanol–water partition coefficient (Wildman–Crippen LogP) is 2.39. The Morgan fingerprint density at radius 3 is 2.57 bits per heavy atom. The van der Waals surface area contributed by atoms with Crippen molar-refractivity contribution in [1.29, 1.82) is 0 Å². The van der Waals surface area contributed by atoms with E-state index in [1.54, 1.807) is 12.1 Å². The summed E-state index contributed by atoms with van der Waals surface area (Å²) < 4.78 is 1.82. The summed E-state index contributed by atoms with van der Waals surface area (Å²) in [7, 11) is 1.86. The second kappa shape index (κ2) is 5.21. The monoisotopic (exact) mass is 298 g/mol. The summed E-state index contributed by atoms with van der Waals surface area (Å²) in [5.41, 5.74) is 3.80. The number of aryl methyl sites for hydroxylation is 3. The van der Waals surface area contributed by atoms with Gasteiger partial charge in [-0.2, -0.15) is 4.99 Å². The molecule has 0 saturated carbocycles. The SMILES string of the molecule is Cc1nc2ccc(C(=O)N=c3sccn3C)cc2nc1C. The molecule has 1 aromatic carbocycles. The summed E-state index contributed by atoms with van der Waals surface area (Å²) in [5.74, 6) is -0.269. The van der Waals surface area contributed by atoms with Crippen molar-refractivity contribution in [2.24, 2.45) is 12.0 Å². The zero-order valence-electron chi connectivity index (χ0n) is 12.0. The number of benzene rings is 1. The molecule has 106 valence electrons. The van der Waals surface area contributed by atoms with Crippen molar-refractivity contribution in [3.63, 3.8) is 0 Å². The number of fused-ring (bicyclic) bond motifs is 1. The van der Waals surface area contributed by atoms with Gasteiger partial charge in [0.05, 0.1) is 22.4 Å². The number of thiazole rings is 1. The molecule has 2 heterocycles. The van der Waals surface area contributed by atoms with Crippen LogP contribution in [-0.4, -0.2) is 20.4 Å². The minimum absolute atomic E-state index is 0.269. The summed E-state index contributed by atoms with van der Waals surface area (Å²) in [6.07, 6.45) is 1.87. The van der Waals surface area contributed by atoms with Crippen LogP contribution in [-0.2, 0) is 7.05 Å². The quantitative estimate of drug-likeness (QED) is 0.693. The Kier molecular flexibility index (Phi) is 3.39. The average Bonchev–Trinajstić information content (AvgIpc) is 2.85. The predicted molar refractivity (Wildman–Crippen MR) is 82.2 cm³/mol. The first-order valence-corrected chi connectivity index (χ1v) is 7.37. The molecule has 5 nitrogen and oxygen atoms in total. The lowest BCUT2D eigenvalue weighted by molar-refractivity contribution is 0.0998. The molecule has 0 atom stereocenters. The van der Waals surface area contributed by atoms with Crippen LogP contribution in [0, 0.1) is 13.8 Å². The van der Waals surface area contributed by atoms with Gasteiger partial charge in [-0.05, 0) is 32.0 Å². The summed E-state index contributed by atoms with van der Waals surface area (Å²) >= 11 is 1.43. The van der Waals surface area contributed by atoms with Gasteiger partial charge in [-0.1, -0.05) is 0 Å². The molecule has 0 saturated heterocycles. The second-order valence-corrected chi connectivity index (χ2v) is 5.68. The number of hydrogen-bond donors (Lipinski definition) is 0. The maximum atomic E-state index is 12.2. The maximum Gasteiger partial charge on any atom is 0.279 e. The first kappa shape index (κ1) is 13.6. The van der Waals surface area contributed by atoms with Gasteiger partial charge in [-0.15, -0.1) is 11.3 Å². The molecule has 0 radical (unpaired) electrons. The summed E-state index contributed by atoms with van der Waals surface area (Å²) in [6, 6.07) is 5.30. The van der Waals surface area contributed by atoms with Crippen LogP contribution in [0.15, 0.2) is 34.8 Å². The third kappa shape index (κ3) is 2.62. The van der Waals surface area contributed by atoms with Gasteiger partial charge in [0.15, 0.2) is 4.80 Å². The van der Waals surface area contributed by atoms with E-state index in [0.717, 1.165) is 22.4 Å². The topological polar surface area (TPSA) is 60.1 Å². The molecule has 6 heteroatoms. The number of nitrogens with zero attached hydrogens (tertiary/aromatic N) is 4. The van der Waals surface area contributed by atoms with Gasteiger partial charge in [-0.3, -0.25) is 4.79 Å². The van der Waals surface area contributed by atoms with E-state index in [1.165, 1.54) is 11.3 Å². The van der Waals surface area contributed by atoms with E-state index in [9.17, 15) is 4.79 Å². The summed E-state index contributed by atoms with van der Waals surface area (Å²) in [5, 5.41) is 1.89. The van der Waals surface area contributed by atoms with Crippen LogP contribution in [0.3, 0.4) is 0 Å². The van der Waals surface area contributed by atoms with Crippen molar-refractivity contribution in [2.75, 3.05) is 0 Å². The highest BCUT2D eigenvalue weighted by atomic mass is 32.1. The second-order valence-electron chi connectivity index (χ2n) is 4.81. The van der Waals surface area contributed by atoms with Crippen molar-refractivity contribution < 1.29 is 4.79 Å². The van der Waals surface area contributed by atoms with Crippen molar-refractivity contribution in [3.05, 3.63) is 51.5 Å². The molecule has 0 fully saturated rings. The Bertz CT molecular complexity index is 907. The number of carbonyl (C=O) groups excluding carboxylic acids is 1. The minimum Gasteiger partial charge on any atom is -0.327 e. The third-order valence-corrected chi connectivity index (χ3v) is 4.13. The Morgan fingerprint density at radius 2 is 1.90 bits per heavy atom. The van der Waals surface area contributed by atoms with E-state index in [-0.39, 0.29) is 5.91 Å². The van der Waals surface area contributed by atoms with Crippen LogP contribution in [0.4, 0.5) is 0 Å². The smallest absolute Gasteiger partial charge is 0.279 e. The Morgan fingerprint density at radius 1 is 1.19 bits per heavy atom. The largest absolute Gasteiger partial charge is 0.327 e. The number of amides is 1. The van der Waals surface area contributed by atoms with Crippen molar-refractivity contribution >= 4 is 28.3 Å². The average molecular weight is 298 g/mol. The zero-order chi connectivity index (χ0) is 15.0. The van der Waals surface area contributed by atoms with E-state index in [4.69, 9.17) is 0 Å². The van der Waals surface area contributed by atoms with Crippen LogP contribution in [0.2, 0.25) is 0 Å². The lowest BCUT2D eigenvalue weighted by Gasteiger charge is -2.03. The molecule has 0 unspecified atom stereocenters. The molecule has 21 heavy (non-hydrogen) atoms. The molecule has 0 N–H and O–H groups in total. The number of aromatic nitrogens is 3. The lowest BCUT2D eigenvalue weighted by atomic mass is 10.1. The maximum absolute atomic E-state index is 12.2. The summed E-state index contributed by atoms with van der Waals surface area (Å²) in [6.45, 7) is 3.83. The van der Waals surface area contributed by atoms with E-state index in [0.29, 0.717) is 10.4 Å². The first-order chi connectivity index (χ1) is 10.0. The number of hydrogen-bond acceptors (Lipinski definition) is 4. The molecule has 0 bridgehead atoms. The number of carbonyl (C=O) groups is 1. The third-order valence-electron chi connectivity index (χ3n) is 3.28. The number of rotatable bonds is 1. The van der Waals surface area contributed by atoms with E-state index < -0.39 is 0 Å². The molecule has 0 aliphatic carbocycles. The highest BCUT2D eigenvalue weighted by Crippen LogP contribution is 2.15. The van der Waals surface area contributed by atoms with Crippen LogP contribution < -0.4 is 4.80 Å². The van der Waals surface area contributed by atoms with Crippen molar-refractivity contribution in [3.8, 4) is 0 Å². The highest BCUT2D eigenvalue weighted by Gasteiger charge is 2.08. The van der Waals surface area contributed by atoms with Crippen LogP contribution >= 0.6 is 11.3 Å². The van der Waals surface area contributed by atoms with Crippen molar-refractivity contribution in [1.82, 2.24) is 14.5 Å². The molecule has 0 spiro atoms. The van der Waals surface area contributed by atoms with Gasteiger partial charge >= 0.3 is 0 Å². The van der Waals surface area contributed by atoms with E-state index >= 15 is 0 Å². The fourth-order valence-electron chi connectivity index (χ4n) is 1.95. The Hall–Kier alpha value is -2.34.